The van der Waals surface area contributed by atoms with Gasteiger partial charge in [-0.25, -0.2) is 4.79 Å². The molecule has 2 aromatic rings. The number of anilines is 1. The van der Waals surface area contributed by atoms with Crippen molar-refractivity contribution in [2.75, 3.05) is 18.5 Å². The SMILES string of the molecule is Cc1cc(NC(=O)NCCOc2cccc3c2CCCC3)no1. The molecule has 2 amide bonds. The van der Waals surface area contributed by atoms with Crippen LogP contribution in [0.5, 0.6) is 5.75 Å². The zero-order valence-electron chi connectivity index (χ0n) is 13.2. The van der Waals surface area contributed by atoms with Gasteiger partial charge in [-0.2, -0.15) is 0 Å². The van der Waals surface area contributed by atoms with Crippen LogP contribution >= 0.6 is 0 Å². The van der Waals surface area contributed by atoms with Gasteiger partial charge in [-0.15, -0.1) is 0 Å². The van der Waals surface area contributed by atoms with Crippen molar-refractivity contribution in [3.8, 4) is 5.75 Å². The summed E-state index contributed by atoms with van der Waals surface area (Å²) in [6.07, 6.45) is 4.67. The summed E-state index contributed by atoms with van der Waals surface area (Å²) in [7, 11) is 0. The lowest BCUT2D eigenvalue weighted by atomic mass is 9.91. The summed E-state index contributed by atoms with van der Waals surface area (Å²) in [4.78, 5) is 11.7. The van der Waals surface area contributed by atoms with E-state index in [1.165, 1.54) is 24.0 Å². The molecule has 0 saturated carbocycles. The molecule has 2 N–H and O–H groups in total. The normalized spacial score (nSPS) is 13.3. The Morgan fingerprint density at radius 2 is 2.22 bits per heavy atom. The van der Waals surface area contributed by atoms with Gasteiger partial charge in [0.1, 0.15) is 18.1 Å². The summed E-state index contributed by atoms with van der Waals surface area (Å²) in [5, 5.41) is 9.04. The average molecular weight is 315 g/mol. The van der Waals surface area contributed by atoms with Crippen molar-refractivity contribution in [1.82, 2.24) is 10.5 Å². The van der Waals surface area contributed by atoms with Crippen LogP contribution in [0.3, 0.4) is 0 Å². The molecular weight excluding hydrogens is 294 g/mol. The van der Waals surface area contributed by atoms with Gasteiger partial charge in [0, 0.05) is 6.07 Å². The Bertz CT molecular complexity index is 681. The predicted octanol–water partition coefficient (Wildman–Crippen LogP) is 3.06. The third-order valence-electron chi connectivity index (χ3n) is 3.87. The Hall–Kier alpha value is -2.50. The number of hydrogen-bond acceptors (Lipinski definition) is 4. The second-order valence-corrected chi connectivity index (χ2v) is 5.65. The Kier molecular flexibility index (Phi) is 4.80. The average Bonchev–Trinajstić information content (AvgIpc) is 2.96. The van der Waals surface area contributed by atoms with Gasteiger partial charge in [0.05, 0.1) is 6.54 Å². The Labute approximate surface area is 135 Å². The number of carbonyl (C=O) groups is 1. The molecule has 0 saturated heterocycles. The molecule has 1 aliphatic carbocycles. The van der Waals surface area contributed by atoms with E-state index in [-0.39, 0.29) is 6.03 Å². The summed E-state index contributed by atoms with van der Waals surface area (Å²) in [6, 6.07) is 7.55. The van der Waals surface area contributed by atoms with Gasteiger partial charge in [-0.3, -0.25) is 5.32 Å². The largest absolute Gasteiger partial charge is 0.491 e. The zero-order chi connectivity index (χ0) is 16.1. The fourth-order valence-electron chi connectivity index (χ4n) is 2.79. The van der Waals surface area contributed by atoms with E-state index >= 15 is 0 Å². The number of amides is 2. The number of carbonyl (C=O) groups excluding carboxylic acids is 1. The summed E-state index contributed by atoms with van der Waals surface area (Å²) >= 11 is 0. The van der Waals surface area contributed by atoms with Crippen LogP contribution in [-0.2, 0) is 12.8 Å². The maximum atomic E-state index is 11.7. The van der Waals surface area contributed by atoms with Crippen LogP contribution in [0.15, 0.2) is 28.8 Å². The van der Waals surface area contributed by atoms with E-state index in [0.29, 0.717) is 24.7 Å². The summed E-state index contributed by atoms with van der Waals surface area (Å²) < 4.78 is 10.7. The number of rotatable bonds is 5. The van der Waals surface area contributed by atoms with Crippen molar-refractivity contribution in [1.29, 1.82) is 0 Å². The molecule has 0 aliphatic heterocycles. The number of nitrogens with one attached hydrogen (secondary N) is 2. The van der Waals surface area contributed by atoms with E-state index in [1.54, 1.807) is 13.0 Å². The van der Waals surface area contributed by atoms with E-state index in [9.17, 15) is 4.79 Å². The molecule has 23 heavy (non-hydrogen) atoms. The summed E-state index contributed by atoms with van der Waals surface area (Å²) in [6.45, 7) is 2.62. The highest BCUT2D eigenvalue weighted by Gasteiger charge is 2.13. The van der Waals surface area contributed by atoms with E-state index in [2.05, 4.69) is 21.9 Å². The third kappa shape index (κ3) is 4.03. The number of aromatic nitrogens is 1. The van der Waals surface area contributed by atoms with Gasteiger partial charge in [0.15, 0.2) is 5.82 Å². The molecule has 6 nitrogen and oxygen atoms in total. The van der Waals surface area contributed by atoms with Crippen molar-refractivity contribution in [3.05, 3.63) is 41.2 Å². The third-order valence-corrected chi connectivity index (χ3v) is 3.87. The van der Waals surface area contributed by atoms with E-state index in [1.807, 2.05) is 12.1 Å². The molecule has 0 unspecified atom stereocenters. The second-order valence-electron chi connectivity index (χ2n) is 5.65. The minimum Gasteiger partial charge on any atom is -0.491 e. The van der Waals surface area contributed by atoms with Crippen LogP contribution < -0.4 is 15.4 Å². The molecule has 1 heterocycles. The Morgan fingerprint density at radius 3 is 3.04 bits per heavy atom. The van der Waals surface area contributed by atoms with Gasteiger partial charge in [-0.05, 0) is 49.8 Å². The van der Waals surface area contributed by atoms with Crippen LogP contribution in [0.4, 0.5) is 10.6 Å². The van der Waals surface area contributed by atoms with Crippen LogP contribution in [0.2, 0.25) is 0 Å². The van der Waals surface area contributed by atoms with Gasteiger partial charge in [0.25, 0.3) is 0 Å². The first-order valence-corrected chi connectivity index (χ1v) is 7.94. The first kappa shape index (κ1) is 15.4. The van der Waals surface area contributed by atoms with Crippen molar-refractivity contribution in [3.63, 3.8) is 0 Å². The lowest BCUT2D eigenvalue weighted by Gasteiger charge is -2.19. The number of ether oxygens (including phenoxy) is 1. The van der Waals surface area contributed by atoms with E-state index in [0.717, 1.165) is 18.6 Å². The van der Waals surface area contributed by atoms with E-state index < -0.39 is 0 Å². The number of urea groups is 1. The molecule has 6 heteroatoms. The van der Waals surface area contributed by atoms with Crippen molar-refractivity contribution < 1.29 is 14.1 Å². The van der Waals surface area contributed by atoms with Gasteiger partial charge in [0.2, 0.25) is 0 Å². The van der Waals surface area contributed by atoms with Crippen LogP contribution in [0.25, 0.3) is 0 Å². The number of benzene rings is 1. The molecular formula is C17H21N3O3. The number of aryl methyl sites for hydroxylation is 2. The summed E-state index contributed by atoms with van der Waals surface area (Å²) in [5.74, 6) is 1.99. The van der Waals surface area contributed by atoms with E-state index in [4.69, 9.17) is 9.26 Å². The summed E-state index contributed by atoms with van der Waals surface area (Å²) in [5.41, 5.74) is 2.71. The maximum Gasteiger partial charge on any atom is 0.320 e. The number of fused-ring (bicyclic) bond motifs is 1. The Morgan fingerprint density at radius 1 is 1.35 bits per heavy atom. The van der Waals surface area contributed by atoms with Crippen LogP contribution in [0, 0.1) is 6.92 Å². The smallest absolute Gasteiger partial charge is 0.320 e. The predicted molar refractivity (Wildman–Crippen MR) is 86.8 cm³/mol. The minimum absolute atomic E-state index is 0.322. The Balaban J connectivity index is 1.44. The highest BCUT2D eigenvalue weighted by atomic mass is 16.5. The van der Waals surface area contributed by atoms with Gasteiger partial charge in [-0.1, -0.05) is 17.3 Å². The first-order chi connectivity index (χ1) is 11.2. The standard InChI is InChI=1S/C17H21N3O3/c1-12-11-16(20-23-12)19-17(21)18-9-10-22-15-8-4-6-13-5-2-3-7-14(13)15/h4,6,8,11H,2-3,5,7,9-10H2,1H3,(H2,18,19,20,21). The molecule has 3 rings (SSSR count). The van der Waals surface area contributed by atoms with Gasteiger partial charge < -0.3 is 14.6 Å². The number of nitrogens with zero attached hydrogens (tertiary/aromatic N) is 1. The molecule has 1 aromatic heterocycles. The van der Waals surface area contributed by atoms with Crippen molar-refractivity contribution in [2.24, 2.45) is 0 Å². The molecule has 1 aromatic carbocycles. The van der Waals surface area contributed by atoms with Crippen molar-refractivity contribution >= 4 is 11.8 Å². The highest BCUT2D eigenvalue weighted by Crippen LogP contribution is 2.29. The molecule has 0 spiro atoms. The van der Waals surface area contributed by atoms with Crippen LogP contribution in [-0.4, -0.2) is 24.3 Å². The molecule has 0 bridgehead atoms. The quantitative estimate of drug-likeness (QED) is 0.831. The molecule has 122 valence electrons. The fraction of sp³-hybridized carbons (Fsp3) is 0.412. The molecule has 0 atom stereocenters. The molecule has 1 aliphatic rings. The lowest BCUT2D eigenvalue weighted by molar-refractivity contribution is 0.247. The zero-order valence-corrected chi connectivity index (χ0v) is 13.2. The fourth-order valence-corrected chi connectivity index (χ4v) is 2.79. The van der Waals surface area contributed by atoms with Gasteiger partial charge >= 0.3 is 6.03 Å². The minimum atomic E-state index is -0.322. The molecule has 0 fully saturated rings. The maximum absolute atomic E-state index is 11.7. The van der Waals surface area contributed by atoms with Crippen molar-refractivity contribution in [2.45, 2.75) is 32.6 Å². The second kappa shape index (κ2) is 7.17. The highest BCUT2D eigenvalue weighted by molar-refractivity contribution is 5.88. The lowest BCUT2D eigenvalue weighted by Crippen LogP contribution is -2.32. The first-order valence-electron chi connectivity index (χ1n) is 7.94. The van der Waals surface area contributed by atoms with Crippen LogP contribution in [0.1, 0.15) is 29.7 Å². The number of hydrogen-bond donors (Lipinski definition) is 2. The topological polar surface area (TPSA) is 76.4 Å². The molecule has 0 radical (unpaired) electrons. The monoisotopic (exact) mass is 315 g/mol.